The Morgan fingerprint density at radius 2 is 0.537 bits per heavy atom. The Kier molecular flexibility index (Phi) is 14.0. The minimum Gasteiger partial charge on any atom is -0.309 e. The second kappa shape index (κ2) is 25.5. The smallest absolute Gasteiger partial charge is 0.147 e. The second-order valence-electron chi connectivity index (χ2n) is 32.4. The van der Waals surface area contributed by atoms with E-state index in [2.05, 4.69) is 409 Å². The fourth-order valence-corrected chi connectivity index (χ4v) is 24.4. The van der Waals surface area contributed by atoms with Gasteiger partial charge in [0.15, 0.2) is 0 Å². The van der Waals surface area contributed by atoms with Crippen LogP contribution in [0.1, 0.15) is 0 Å². The summed E-state index contributed by atoms with van der Waals surface area (Å²) in [4.78, 5) is 15.8. The number of para-hydroxylation sites is 12. The van der Waals surface area contributed by atoms with E-state index < -0.39 is 0 Å². The Morgan fingerprint density at radius 3 is 1.08 bits per heavy atom. The first-order valence-electron chi connectivity index (χ1n) is 41.7. The maximum Gasteiger partial charge on any atom is 0.147 e. The summed E-state index contributed by atoms with van der Waals surface area (Å²) in [7, 11) is 0. The number of rotatable bonds is 3. The van der Waals surface area contributed by atoms with Gasteiger partial charge in [-0.3, -0.25) is 13.2 Å². The number of aromatic nitrogens is 9. The van der Waals surface area contributed by atoms with Crippen molar-refractivity contribution in [3.05, 3.63) is 382 Å². The Morgan fingerprint density at radius 1 is 0.171 bits per heavy atom. The molecule has 123 heavy (non-hydrogen) atoms. The van der Waals surface area contributed by atoms with Gasteiger partial charge >= 0.3 is 0 Å². The first-order chi connectivity index (χ1) is 61.1. The number of benzene rings is 18. The summed E-state index contributed by atoms with van der Waals surface area (Å²) in [5.74, 6) is 0. The van der Waals surface area contributed by atoms with E-state index in [0.29, 0.717) is 0 Å². The van der Waals surface area contributed by atoms with Crippen LogP contribution in [0.3, 0.4) is 0 Å². The number of fused-ring (bicyclic) bond motifs is 46. The van der Waals surface area contributed by atoms with Crippen LogP contribution in [0.4, 0.5) is 0 Å². The lowest BCUT2D eigenvalue weighted by Crippen LogP contribution is -1.95. The summed E-state index contributed by atoms with van der Waals surface area (Å²) in [5, 5.41) is 26.5. The fourth-order valence-electron chi connectivity index (χ4n) is 20.9. The lowest BCUT2D eigenvalue weighted by molar-refractivity contribution is 1.18. The third-order valence-corrected chi connectivity index (χ3v) is 29.5. The zero-order chi connectivity index (χ0) is 80.0. The molecular weight excluding hydrogens is 1560 g/mol. The van der Waals surface area contributed by atoms with Gasteiger partial charge in [0.1, 0.15) is 16.9 Å². The predicted molar refractivity (Wildman–Crippen MR) is 525 cm³/mol. The molecule has 0 fully saturated rings. The van der Waals surface area contributed by atoms with E-state index in [1.54, 1.807) is 0 Å². The Bertz CT molecular complexity index is 9850. The van der Waals surface area contributed by atoms with Crippen LogP contribution in [0.25, 0.3) is 258 Å². The van der Waals surface area contributed by atoms with Gasteiger partial charge in [0.2, 0.25) is 0 Å². The van der Waals surface area contributed by atoms with Crippen molar-refractivity contribution < 1.29 is 0 Å². The molecule has 0 radical (unpaired) electrons. The molecular formula is C111H63N9S3. The maximum atomic E-state index is 5.29. The van der Waals surface area contributed by atoms with Gasteiger partial charge in [0, 0.05) is 148 Å². The predicted octanol–water partition coefficient (Wildman–Crippen LogP) is 30.8. The molecule has 0 N–H and O–H groups in total. The Labute approximate surface area is 710 Å². The first-order valence-corrected chi connectivity index (χ1v) is 44.2. The Hall–Kier alpha value is -15.6. The third-order valence-electron chi connectivity index (χ3n) is 26.0. The summed E-state index contributed by atoms with van der Waals surface area (Å²) in [6.45, 7) is 0. The van der Waals surface area contributed by atoms with Gasteiger partial charge in [-0.1, -0.05) is 224 Å². The highest BCUT2D eigenvalue weighted by atomic mass is 32.1. The molecule has 12 heterocycles. The van der Waals surface area contributed by atoms with Crippen molar-refractivity contribution in [3.63, 3.8) is 0 Å². The van der Waals surface area contributed by atoms with E-state index >= 15 is 0 Å². The van der Waals surface area contributed by atoms with Crippen molar-refractivity contribution in [3.8, 4) is 17.1 Å². The lowest BCUT2D eigenvalue weighted by Gasteiger charge is -2.13. The molecule has 0 bridgehead atoms. The molecule has 0 saturated carbocycles. The number of imidazole rings is 3. The number of hydrogen-bond acceptors (Lipinski definition) is 6. The van der Waals surface area contributed by atoms with Gasteiger partial charge in [0.05, 0.1) is 82.8 Å². The molecule has 0 aliphatic heterocycles. The summed E-state index contributed by atoms with van der Waals surface area (Å²) in [6, 6.07) is 138. The van der Waals surface area contributed by atoms with Gasteiger partial charge in [-0.25, -0.2) is 15.0 Å². The zero-order valence-corrected chi connectivity index (χ0v) is 68.1. The van der Waals surface area contributed by atoms with Crippen molar-refractivity contribution in [2.75, 3.05) is 0 Å². The van der Waals surface area contributed by atoms with E-state index in [0.717, 1.165) is 61.4 Å². The normalized spacial score (nSPS) is 12.4. The van der Waals surface area contributed by atoms with Crippen molar-refractivity contribution >= 4 is 275 Å². The van der Waals surface area contributed by atoms with Gasteiger partial charge in [0.25, 0.3) is 0 Å². The van der Waals surface area contributed by atoms with E-state index in [9.17, 15) is 0 Å². The molecule has 12 heteroatoms. The van der Waals surface area contributed by atoms with E-state index in [1.807, 2.05) is 34.0 Å². The fraction of sp³-hybridized carbons (Fsp3) is 0. The van der Waals surface area contributed by atoms with Gasteiger partial charge in [-0.2, -0.15) is 0 Å². The highest BCUT2D eigenvalue weighted by Gasteiger charge is 2.27. The van der Waals surface area contributed by atoms with Crippen molar-refractivity contribution in [1.82, 2.24) is 41.9 Å². The highest BCUT2D eigenvalue weighted by molar-refractivity contribution is 7.27. The summed E-state index contributed by atoms with van der Waals surface area (Å²) in [5.41, 5.74) is 23.8. The molecule has 570 valence electrons. The molecule has 0 atom stereocenters. The van der Waals surface area contributed by atoms with Crippen molar-refractivity contribution in [2.24, 2.45) is 0 Å². The minimum atomic E-state index is 1.01. The number of hydrogen-bond donors (Lipinski definition) is 0. The molecule has 9 nitrogen and oxygen atoms in total. The molecule has 0 amide bonds. The van der Waals surface area contributed by atoms with Crippen molar-refractivity contribution in [1.29, 1.82) is 0 Å². The molecule has 0 spiro atoms. The van der Waals surface area contributed by atoms with Gasteiger partial charge in [-0.15, -0.1) is 34.0 Å². The van der Waals surface area contributed by atoms with Gasteiger partial charge in [-0.05, 0) is 168 Å². The monoisotopic (exact) mass is 1620 g/mol. The van der Waals surface area contributed by atoms with E-state index in [4.69, 9.17) is 15.0 Å². The van der Waals surface area contributed by atoms with Gasteiger partial charge < -0.3 is 13.7 Å². The average molecular weight is 1620 g/mol. The van der Waals surface area contributed by atoms with Crippen LogP contribution in [0.15, 0.2) is 382 Å². The molecule has 0 saturated heterocycles. The molecule has 12 aromatic heterocycles. The third kappa shape index (κ3) is 9.40. The zero-order valence-electron chi connectivity index (χ0n) is 65.6. The Balaban J connectivity index is 0.0000000946. The standard InChI is InChI=1S/3C37H21N3S/c1-2-10-22(11-3-1)39-29-15-7-4-13-25(29)34-31(39)21-20-26-33-27(19-18-24-23-12-5-9-17-32(23)41-36(24)33)37-38-28-14-6-8-16-30(28)40(37)35(26)34;1-2-10-22(11-3-1)39-29-15-7-4-12-23(29)26-20-32-27(21-31(26)39)24-18-19-34-35(25-13-5-9-17-33(25)41-34)36(24)37-38-28-14-6-8-16-30(28)40(32)37;1-2-10-22(11-3-1)39-29-15-7-4-12-23(29)26-20-27-24-18-19-34-35(25-13-5-9-17-33(25)41-34)36(24)37-38-28-14-6-8-16-30(28)40(37)32(27)21-31(26)39/h3*1-21H. The second-order valence-corrected chi connectivity index (χ2v) is 35.6. The summed E-state index contributed by atoms with van der Waals surface area (Å²) >= 11 is 5.61. The summed E-state index contributed by atoms with van der Waals surface area (Å²) < 4.78 is 22.3. The number of thiophene rings is 3. The first kappa shape index (κ1) is 67.3. The largest absolute Gasteiger partial charge is 0.309 e. The molecule has 30 rings (SSSR count). The molecule has 30 aromatic rings. The summed E-state index contributed by atoms with van der Waals surface area (Å²) in [6.07, 6.45) is 0. The van der Waals surface area contributed by atoms with Crippen LogP contribution >= 0.6 is 34.0 Å². The molecule has 0 aliphatic carbocycles. The topological polar surface area (TPSA) is 66.7 Å². The van der Waals surface area contributed by atoms with Crippen LogP contribution in [0.5, 0.6) is 0 Å². The van der Waals surface area contributed by atoms with Crippen LogP contribution in [-0.4, -0.2) is 41.9 Å². The van der Waals surface area contributed by atoms with Crippen LogP contribution < -0.4 is 0 Å². The number of nitrogens with zero attached hydrogens (tertiary/aromatic N) is 9. The van der Waals surface area contributed by atoms with Crippen LogP contribution in [-0.2, 0) is 0 Å². The highest BCUT2D eigenvalue weighted by Crippen LogP contribution is 2.51. The van der Waals surface area contributed by atoms with Crippen LogP contribution in [0, 0.1) is 0 Å². The lowest BCUT2D eigenvalue weighted by atomic mass is 9.99. The maximum absolute atomic E-state index is 5.29. The van der Waals surface area contributed by atoms with Crippen molar-refractivity contribution in [2.45, 2.75) is 0 Å². The molecule has 0 unspecified atom stereocenters. The van der Waals surface area contributed by atoms with E-state index in [-0.39, 0.29) is 0 Å². The minimum absolute atomic E-state index is 1.01. The number of pyridine rings is 3. The average Bonchev–Trinajstić information content (AvgIpc) is 1.56. The molecule has 0 aliphatic rings. The SMILES string of the molecule is c1ccc(-n2c3ccccc3c3c2ccc2c4c(ccc5c6ccccc6sc54)c4nc5ccccc5n4c23)cc1.c1ccc(-n2c3ccccc3c3cc4c(cc32)c2ccc3sc5ccccc5c3c2c2nc3ccccc3n42)cc1.c1ccc(-n2c3ccccc3c3cc4c5ccc6sc7ccccc7c6c5c5nc6ccccc6n5c4cc32)cc1. The van der Waals surface area contributed by atoms with Crippen LogP contribution in [0.2, 0.25) is 0 Å². The molecule has 18 aromatic carbocycles. The van der Waals surface area contributed by atoms with E-state index in [1.165, 1.54) is 197 Å². The quantitative estimate of drug-likeness (QED) is 0.166.